The number of ether oxygens (including phenoxy) is 1. The summed E-state index contributed by atoms with van der Waals surface area (Å²) >= 11 is 1.56. The van der Waals surface area contributed by atoms with Crippen molar-refractivity contribution in [3.8, 4) is 5.75 Å². The zero-order chi connectivity index (χ0) is 17.2. The summed E-state index contributed by atoms with van der Waals surface area (Å²) in [6.07, 6.45) is 1.73. The second-order valence-corrected chi connectivity index (χ2v) is 6.52. The largest absolute Gasteiger partial charge is 0.494 e. The number of fused-ring (bicyclic) bond motifs is 2. The second-order valence-electron chi connectivity index (χ2n) is 5.44. The number of aromatic nitrogens is 5. The van der Waals surface area contributed by atoms with Crippen molar-refractivity contribution in [2.24, 2.45) is 0 Å². The van der Waals surface area contributed by atoms with Crippen molar-refractivity contribution < 1.29 is 4.74 Å². The van der Waals surface area contributed by atoms with Gasteiger partial charge in [0.25, 0.3) is 0 Å². The molecule has 0 amide bonds. The quantitative estimate of drug-likeness (QED) is 0.538. The number of H-pyrrole nitrogens is 1. The van der Waals surface area contributed by atoms with Crippen LogP contribution in [0.15, 0.2) is 52.5 Å². The third-order valence-corrected chi connectivity index (χ3v) is 4.63. The van der Waals surface area contributed by atoms with Gasteiger partial charge in [-0.1, -0.05) is 17.8 Å². The van der Waals surface area contributed by atoms with Crippen LogP contribution in [0.1, 0.15) is 6.92 Å². The topological polar surface area (TPSA) is 77.2 Å². The van der Waals surface area contributed by atoms with Crippen molar-refractivity contribution in [1.82, 2.24) is 24.1 Å². The van der Waals surface area contributed by atoms with Gasteiger partial charge in [-0.25, -0.2) is 14.5 Å². The van der Waals surface area contributed by atoms with Crippen molar-refractivity contribution in [2.45, 2.75) is 18.6 Å². The van der Waals surface area contributed by atoms with Gasteiger partial charge in [0.05, 0.1) is 24.2 Å². The molecular formula is C17H17N5O2S. The van der Waals surface area contributed by atoms with E-state index in [1.807, 2.05) is 43.3 Å². The van der Waals surface area contributed by atoms with Gasteiger partial charge in [-0.2, -0.15) is 0 Å². The van der Waals surface area contributed by atoms with Crippen LogP contribution < -0.4 is 10.4 Å². The minimum absolute atomic E-state index is 0.123. The van der Waals surface area contributed by atoms with Crippen molar-refractivity contribution in [3.63, 3.8) is 0 Å². The smallest absolute Gasteiger partial charge is 0.350 e. The first-order chi connectivity index (χ1) is 12.2. The molecule has 0 aliphatic heterocycles. The molecule has 8 heteroatoms. The number of imidazole rings is 1. The Balaban J connectivity index is 1.46. The van der Waals surface area contributed by atoms with Crippen LogP contribution in [0.25, 0.3) is 16.7 Å². The van der Waals surface area contributed by atoms with Crippen LogP contribution in [0.2, 0.25) is 0 Å². The minimum atomic E-state index is -0.123. The number of aromatic amines is 1. The summed E-state index contributed by atoms with van der Waals surface area (Å²) in [6, 6.07) is 11.3. The molecule has 0 saturated carbocycles. The van der Waals surface area contributed by atoms with E-state index in [-0.39, 0.29) is 5.69 Å². The summed E-state index contributed by atoms with van der Waals surface area (Å²) in [5, 5.41) is 5.14. The van der Waals surface area contributed by atoms with E-state index in [9.17, 15) is 4.79 Å². The zero-order valence-electron chi connectivity index (χ0n) is 13.7. The van der Waals surface area contributed by atoms with Crippen LogP contribution in [-0.4, -0.2) is 36.5 Å². The number of benzene rings is 1. The summed E-state index contributed by atoms with van der Waals surface area (Å²) in [7, 11) is 0. The molecular weight excluding hydrogens is 338 g/mol. The molecule has 1 N–H and O–H groups in total. The van der Waals surface area contributed by atoms with Crippen molar-refractivity contribution >= 4 is 28.4 Å². The summed E-state index contributed by atoms with van der Waals surface area (Å²) in [6.45, 7) is 3.11. The van der Waals surface area contributed by atoms with Gasteiger partial charge < -0.3 is 9.72 Å². The van der Waals surface area contributed by atoms with Crippen LogP contribution in [0.3, 0.4) is 0 Å². The molecule has 0 aliphatic rings. The summed E-state index contributed by atoms with van der Waals surface area (Å²) in [4.78, 5) is 20.1. The molecule has 0 spiro atoms. The number of nitrogens with one attached hydrogen (secondary N) is 1. The lowest BCUT2D eigenvalue weighted by atomic mass is 10.3. The Hall–Kier alpha value is -2.74. The lowest BCUT2D eigenvalue weighted by Crippen LogP contribution is -2.21. The molecule has 0 aliphatic carbocycles. The van der Waals surface area contributed by atoms with Crippen LogP contribution in [-0.2, 0) is 6.54 Å². The molecule has 0 fully saturated rings. The van der Waals surface area contributed by atoms with E-state index < -0.39 is 0 Å². The van der Waals surface area contributed by atoms with E-state index in [1.165, 1.54) is 4.68 Å². The van der Waals surface area contributed by atoms with Crippen molar-refractivity contribution in [1.29, 1.82) is 0 Å². The predicted octanol–water partition coefficient (Wildman–Crippen LogP) is 2.56. The molecule has 7 nitrogen and oxygen atoms in total. The Kier molecular flexibility index (Phi) is 4.19. The number of thioether (sulfide) groups is 1. The zero-order valence-corrected chi connectivity index (χ0v) is 14.5. The molecule has 25 heavy (non-hydrogen) atoms. The molecule has 0 saturated heterocycles. The van der Waals surface area contributed by atoms with Crippen molar-refractivity contribution in [3.05, 3.63) is 53.1 Å². The van der Waals surface area contributed by atoms with E-state index in [0.717, 1.165) is 21.9 Å². The van der Waals surface area contributed by atoms with E-state index in [2.05, 4.69) is 15.1 Å². The average Bonchev–Trinajstić information content (AvgIpc) is 3.16. The van der Waals surface area contributed by atoms with Crippen LogP contribution >= 0.6 is 11.8 Å². The first-order valence-electron chi connectivity index (χ1n) is 8.04. The van der Waals surface area contributed by atoms with E-state index in [4.69, 9.17) is 4.74 Å². The fourth-order valence-electron chi connectivity index (χ4n) is 2.63. The average molecular weight is 355 g/mol. The van der Waals surface area contributed by atoms with E-state index in [0.29, 0.717) is 24.6 Å². The third kappa shape index (κ3) is 3.12. The number of hydrogen-bond donors (Lipinski definition) is 1. The second kappa shape index (κ2) is 6.64. The molecule has 0 atom stereocenters. The standard InChI is InChI=1S/C17H17N5O2S/c1-2-24-12-6-7-13-14(11-12)19-16(18-13)25-10-9-22-17(23)21-8-4-3-5-15(21)20-22/h3-8,11H,2,9-10H2,1H3,(H,18,19). The molecule has 128 valence electrons. The molecule has 1 aromatic carbocycles. The number of nitrogens with zero attached hydrogens (tertiary/aromatic N) is 4. The van der Waals surface area contributed by atoms with E-state index in [1.54, 1.807) is 22.4 Å². The predicted molar refractivity (Wildman–Crippen MR) is 97.4 cm³/mol. The fourth-order valence-corrected chi connectivity index (χ4v) is 3.44. The Bertz CT molecular complexity index is 1080. The van der Waals surface area contributed by atoms with Gasteiger partial charge >= 0.3 is 5.69 Å². The maximum Gasteiger partial charge on any atom is 0.350 e. The first-order valence-corrected chi connectivity index (χ1v) is 9.03. The highest BCUT2D eigenvalue weighted by Gasteiger charge is 2.08. The first kappa shape index (κ1) is 15.8. The summed E-state index contributed by atoms with van der Waals surface area (Å²) in [5.74, 6) is 1.52. The molecule has 0 unspecified atom stereocenters. The Morgan fingerprint density at radius 1 is 1.28 bits per heavy atom. The van der Waals surface area contributed by atoms with Gasteiger partial charge in [0.2, 0.25) is 0 Å². The molecule has 4 aromatic rings. The number of pyridine rings is 1. The normalized spacial score (nSPS) is 11.4. The summed E-state index contributed by atoms with van der Waals surface area (Å²) < 4.78 is 8.53. The lowest BCUT2D eigenvalue weighted by Gasteiger charge is -2.00. The van der Waals surface area contributed by atoms with Crippen molar-refractivity contribution in [2.75, 3.05) is 12.4 Å². The van der Waals surface area contributed by atoms with Gasteiger partial charge in [0, 0.05) is 18.0 Å². The Labute approximate surface area is 147 Å². The number of hydrogen-bond acceptors (Lipinski definition) is 5. The number of rotatable bonds is 6. The molecule has 3 aromatic heterocycles. The molecule has 0 radical (unpaired) electrons. The van der Waals surface area contributed by atoms with Gasteiger partial charge in [0.1, 0.15) is 5.75 Å². The van der Waals surface area contributed by atoms with Gasteiger partial charge in [0.15, 0.2) is 10.8 Å². The Morgan fingerprint density at radius 3 is 3.04 bits per heavy atom. The maximum absolute atomic E-state index is 12.2. The van der Waals surface area contributed by atoms with Gasteiger partial charge in [-0.3, -0.25) is 4.40 Å². The van der Waals surface area contributed by atoms with Crippen LogP contribution in [0.4, 0.5) is 0 Å². The lowest BCUT2D eigenvalue weighted by molar-refractivity contribution is 0.340. The third-order valence-electron chi connectivity index (χ3n) is 3.77. The van der Waals surface area contributed by atoms with Gasteiger partial charge in [-0.15, -0.1) is 5.10 Å². The fraction of sp³-hybridized carbons (Fsp3) is 0.235. The minimum Gasteiger partial charge on any atom is -0.494 e. The maximum atomic E-state index is 12.2. The van der Waals surface area contributed by atoms with Gasteiger partial charge in [-0.05, 0) is 31.2 Å². The SMILES string of the molecule is CCOc1ccc2nc(SCCn3nc4ccccn4c3=O)[nH]c2c1. The summed E-state index contributed by atoms with van der Waals surface area (Å²) in [5.41, 5.74) is 2.38. The van der Waals surface area contributed by atoms with Crippen LogP contribution in [0.5, 0.6) is 5.75 Å². The van der Waals surface area contributed by atoms with E-state index >= 15 is 0 Å². The highest BCUT2D eigenvalue weighted by molar-refractivity contribution is 7.99. The number of aryl methyl sites for hydroxylation is 1. The highest BCUT2D eigenvalue weighted by atomic mass is 32.2. The molecule has 0 bridgehead atoms. The molecule has 3 heterocycles. The Morgan fingerprint density at radius 2 is 2.20 bits per heavy atom. The highest BCUT2D eigenvalue weighted by Crippen LogP contribution is 2.23. The monoisotopic (exact) mass is 355 g/mol. The van der Waals surface area contributed by atoms with Crippen LogP contribution in [0, 0.1) is 0 Å². The molecule has 4 rings (SSSR count).